The Bertz CT molecular complexity index is 1200. The molecule has 2 aliphatic heterocycles. The first kappa shape index (κ1) is 27.5. The summed E-state index contributed by atoms with van der Waals surface area (Å²) in [5.74, 6) is -0.319. The second-order valence-corrected chi connectivity index (χ2v) is 9.78. The number of halogens is 1. The van der Waals surface area contributed by atoms with Gasteiger partial charge in [0.15, 0.2) is 6.61 Å². The number of ether oxygens (including phenoxy) is 1. The molecule has 1 saturated heterocycles. The number of esters is 1. The Morgan fingerprint density at radius 2 is 1.79 bits per heavy atom. The standard InChI is InChI=1S/C30H33ClN2O5/c31-29-26-20-24(12-8-3-1-2-4-9-19-37-30(36)25(26)13-14-27(29)34)32-38-21-28(35)33-17-15-23(16-18-33)22-10-6-5-7-11-22/h2,4-8,10-14,23,34H,1,3,9,15-21H2/b4-2+,12-8+,32-24+. The average molecular weight is 537 g/mol. The number of phenolic OH excluding ortho intramolecular Hbond substituents is 1. The molecular formula is C30H33ClN2O5. The Hall–Kier alpha value is -3.58. The number of aromatic hydroxyl groups is 1. The summed E-state index contributed by atoms with van der Waals surface area (Å²) in [6, 6.07) is 13.2. The molecule has 0 unspecified atom stereocenters. The molecule has 38 heavy (non-hydrogen) atoms. The third kappa shape index (κ3) is 7.48. The van der Waals surface area contributed by atoms with Crippen molar-refractivity contribution < 1.29 is 24.3 Å². The minimum Gasteiger partial charge on any atom is -0.506 e. The van der Waals surface area contributed by atoms with Gasteiger partial charge in [0, 0.05) is 19.5 Å². The molecule has 4 rings (SSSR count). The predicted octanol–water partition coefficient (Wildman–Crippen LogP) is 5.82. The van der Waals surface area contributed by atoms with Crippen LogP contribution in [-0.2, 0) is 20.8 Å². The topological polar surface area (TPSA) is 88.4 Å². The van der Waals surface area contributed by atoms with Crippen LogP contribution in [-0.4, -0.2) is 53.9 Å². The van der Waals surface area contributed by atoms with E-state index < -0.39 is 5.97 Å². The molecule has 2 aromatic rings. The molecule has 0 atom stereocenters. The highest BCUT2D eigenvalue weighted by Gasteiger charge is 2.24. The number of hydrogen-bond donors (Lipinski definition) is 1. The van der Waals surface area contributed by atoms with E-state index in [2.05, 4.69) is 17.3 Å². The first-order chi connectivity index (χ1) is 18.5. The molecule has 8 heteroatoms. The number of cyclic esters (lactones) is 1. The van der Waals surface area contributed by atoms with Crippen LogP contribution in [0.1, 0.15) is 59.5 Å². The van der Waals surface area contributed by atoms with E-state index in [1.807, 2.05) is 41.3 Å². The van der Waals surface area contributed by atoms with Crippen molar-refractivity contribution in [2.24, 2.45) is 5.16 Å². The Balaban J connectivity index is 1.43. The number of likely N-dealkylation sites (tertiary alicyclic amines) is 1. The number of carbonyl (C=O) groups is 2. The molecule has 0 bridgehead atoms. The van der Waals surface area contributed by atoms with Gasteiger partial charge in [0.05, 0.1) is 22.9 Å². The van der Waals surface area contributed by atoms with Crippen LogP contribution in [0.25, 0.3) is 0 Å². The van der Waals surface area contributed by atoms with Gasteiger partial charge in [-0.05, 0) is 67.4 Å². The van der Waals surface area contributed by atoms with Crippen molar-refractivity contribution in [2.75, 3.05) is 26.3 Å². The molecule has 2 aliphatic rings. The minimum absolute atomic E-state index is 0.0601. The van der Waals surface area contributed by atoms with Gasteiger partial charge in [0.25, 0.3) is 5.91 Å². The van der Waals surface area contributed by atoms with Crippen LogP contribution in [0, 0.1) is 0 Å². The Kier molecular flexibility index (Phi) is 9.98. The van der Waals surface area contributed by atoms with Crippen molar-refractivity contribution in [1.82, 2.24) is 4.90 Å². The van der Waals surface area contributed by atoms with Crippen molar-refractivity contribution >= 4 is 29.2 Å². The molecule has 7 nitrogen and oxygen atoms in total. The molecule has 200 valence electrons. The molecule has 0 spiro atoms. The highest BCUT2D eigenvalue weighted by Crippen LogP contribution is 2.31. The molecule has 0 aromatic heterocycles. The van der Waals surface area contributed by atoms with Crippen molar-refractivity contribution in [2.45, 2.75) is 44.4 Å². The van der Waals surface area contributed by atoms with E-state index in [1.54, 1.807) is 6.08 Å². The maximum Gasteiger partial charge on any atom is 0.338 e. The quantitative estimate of drug-likeness (QED) is 0.302. The van der Waals surface area contributed by atoms with E-state index in [9.17, 15) is 14.7 Å². The maximum absolute atomic E-state index is 12.8. The third-order valence-electron chi connectivity index (χ3n) is 6.78. The average Bonchev–Trinajstić information content (AvgIpc) is 2.94. The largest absolute Gasteiger partial charge is 0.506 e. The van der Waals surface area contributed by atoms with Crippen LogP contribution in [0.5, 0.6) is 5.75 Å². The fraction of sp³-hybridized carbons (Fsp3) is 0.367. The van der Waals surface area contributed by atoms with Gasteiger partial charge < -0.3 is 19.6 Å². The Morgan fingerprint density at radius 1 is 1.05 bits per heavy atom. The smallest absolute Gasteiger partial charge is 0.338 e. The van der Waals surface area contributed by atoms with Gasteiger partial charge in [-0.25, -0.2) is 4.79 Å². The molecular weight excluding hydrogens is 504 g/mol. The fourth-order valence-electron chi connectivity index (χ4n) is 4.67. The zero-order valence-electron chi connectivity index (χ0n) is 21.4. The van der Waals surface area contributed by atoms with Crippen LogP contribution in [0.4, 0.5) is 0 Å². The van der Waals surface area contributed by atoms with E-state index in [1.165, 1.54) is 17.7 Å². The number of fused-ring (bicyclic) bond motifs is 1. The second-order valence-electron chi connectivity index (χ2n) is 9.40. The molecule has 1 fully saturated rings. The van der Waals surface area contributed by atoms with Crippen LogP contribution >= 0.6 is 11.6 Å². The summed E-state index contributed by atoms with van der Waals surface area (Å²) in [5, 5.41) is 14.4. The second kappa shape index (κ2) is 13.8. The summed E-state index contributed by atoms with van der Waals surface area (Å²) < 4.78 is 5.39. The lowest BCUT2D eigenvalue weighted by Gasteiger charge is -2.32. The van der Waals surface area contributed by atoms with E-state index >= 15 is 0 Å². The first-order valence-electron chi connectivity index (χ1n) is 13.0. The lowest BCUT2D eigenvalue weighted by Crippen LogP contribution is -2.39. The summed E-state index contributed by atoms with van der Waals surface area (Å²) in [7, 11) is 0. The van der Waals surface area contributed by atoms with E-state index in [0.717, 1.165) is 25.7 Å². The Morgan fingerprint density at radius 3 is 2.58 bits per heavy atom. The molecule has 0 radical (unpaired) electrons. The van der Waals surface area contributed by atoms with Gasteiger partial charge in [0.1, 0.15) is 5.75 Å². The van der Waals surface area contributed by atoms with Crippen LogP contribution in [0.2, 0.25) is 5.02 Å². The van der Waals surface area contributed by atoms with Gasteiger partial charge in [-0.3, -0.25) is 4.79 Å². The van der Waals surface area contributed by atoms with E-state index in [-0.39, 0.29) is 41.9 Å². The molecule has 2 aromatic carbocycles. The fourth-order valence-corrected chi connectivity index (χ4v) is 4.90. The first-order valence-corrected chi connectivity index (χ1v) is 13.4. The van der Waals surface area contributed by atoms with Gasteiger partial charge >= 0.3 is 5.97 Å². The number of piperidine rings is 1. The van der Waals surface area contributed by atoms with Gasteiger partial charge in [-0.1, -0.05) is 65.3 Å². The Labute approximate surface area is 228 Å². The highest BCUT2D eigenvalue weighted by atomic mass is 35.5. The lowest BCUT2D eigenvalue weighted by atomic mass is 9.89. The summed E-state index contributed by atoms with van der Waals surface area (Å²) >= 11 is 6.39. The molecule has 1 amide bonds. The van der Waals surface area contributed by atoms with Crippen LogP contribution in [0.3, 0.4) is 0 Å². The van der Waals surface area contributed by atoms with Gasteiger partial charge in [-0.2, -0.15) is 0 Å². The summed E-state index contributed by atoms with van der Waals surface area (Å²) in [4.78, 5) is 32.8. The van der Waals surface area contributed by atoms with Crippen molar-refractivity contribution in [1.29, 1.82) is 0 Å². The van der Waals surface area contributed by atoms with Crippen molar-refractivity contribution in [3.63, 3.8) is 0 Å². The number of rotatable bonds is 4. The third-order valence-corrected chi connectivity index (χ3v) is 7.21. The number of carbonyl (C=O) groups excluding carboxylic acids is 2. The summed E-state index contributed by atoms with van der Waals surface area (Å²) in [6.45, 7) is 1.42. The molecule has 2 heterocycles. The number of benzene rings is 2. The number of allylic oxidation sites excluding steroid dienone is 3. The zero-order valence-corrected chi connectivity index (χ0v) is 22.1. The predicted molar refractivity (Wildman–Crippen MR) is 148 cm³/mol. The minimum atomic E-state index is -0.523. The normalized spacial score (nSPS) is 20.2. The summed E-state index contributed by atoms with van der Waals surface area (Å²) in [5.41, 5.74) is 2.44. The van der Waals surface area contributed by atoms with Crippen molar-refractivity contribution in [3.8, 4) is 5.75 Å². The molecule has 1 N–H and O–H groups in total. The maximum atomic E-state index is 12.8. The van der Waals surface area contributed by atoms with Crippen LogP contribution in [0.15, 0.2) is 71.9 Å². The number of amides is 1. The van der Waals surface area contributed by atoms with Crippen molar-refractivity contribution in [3.05, 3.63) is 88.5 Å². The van der Waals surface area contributed by atoms with Gasteiger partial charge in [-0.15, -0.1) is 0 Å². The van der Waals surface area contributed by atoms with E-state index in [0.29, 0.717) is 36.7 Å². The number of nitrogens with zero attached hydrogens (tertiary/aromatic N) is 2. The number of phenols is 1. The molecule has 0 aliphatic carbocycles. The highest BCUT2D eigenvalue weighted by molar-refractivity contribution is 6.33. The lowest BCUT2D eigenvalue weighted by molar-refractivity contribution is -0.137. The molecule has 0 saturated carbocycles. The van der Waals surface area contributed by atoms with E-state index in [4.69, 9.17) is 21.2 Å². The summed E-state index contributed by atoms with van der Waals surface area (Å²) in [6.07, 6.45) is 12.0. The van der Waals surface area contributed by atoms with Crippen LogP contribution < -0.4 is 0 Å². The number of hydrogen-bond acceptors (Lipinski definition) is 6. The SMILES string of the molecule is O=C1OCC/C=C/CC/C=C/C(=N\OCC(=O)N2CCC(c3ccccc3)CC2)Cc2c1ccc(O)c2Cl. The number of oxime groups is 1. The zero-order chi connectivity index (χ0) is 26.7. The monoisotopic (exact) mass is 536 g/mol. The van der Waals surface area contributed by atoms with Gasteiger partial charge in [0.2, 0.25) is 0 Å².